The van der Waals surface area contributed by atoms with Crippen LogP contribution in [0.3, 0.4) is 0 Å². The summed E-state index contributed by atoms with van der Waals surface area (Å²) < 4.78 is 21.7. The Kier molecular flexibility index (Phi) is 4.47. The number of fused-ring (bicyclic) bond motifs is 1. The number of benzene rings is 1. The number of pyridine rings is 1. The minimum atomic E-state index is -0.307. The Hall–Kier alpha value is -2.67. The second kappa shape index (κ2) is 6.81. The number of aryl methyl sites for hydroxylation is 1. The topological polar surface area (TPSA) is 51.5 Å². The molecule has 140 valence electrons. The molecular formula is C20H19FN2O3S. The largest absolute Gasteiger partial charge is 0.488 e. The molecule has 0 N–H and O–H groups in total. The monoisotopic (exact) mass is 386 g/mol. The normalized spacial score (nSPS) is 16.9. The van der Waals surface area contributed by atoms with Crippen molar-refractivity contribution in [1.29, 1.82) is 0 Å². The van der Waals surface area contributed by atoms with Gasteiger partial charge in [0.25, 0.3) is 11.5 Å². The number of rotatable bonds is 3. The average molecular weight is 386 g/mol. The van der Waals surface area contributed by atoms with E-state index in [-0.39, 0.29) is 23.4 Å². The molecule has 0 saturated carbocycles. The third-order valence-corrected chi connectivity index (χ3v) is 6.00. The Balaban J connectivity index is 1.47. The highest BCUT2D eigenvalue weighted by molar-refractivity contribution is 7.20. The van der Waals surface area contributed by atoms with E-state index in [1.807, 2.05) is 13.0 Å². The van der Waals surface area contributed by atoms with Crippen LogP contribution in [0.1, 0.15) is 21.8 Å². The third-order valence-electron chi connectivity index (χ3n) is 4.90. The number of likely N-dealkylation sites (tertiary alicyclic amines) is 1. The van der Waals surface area contributed by atoms with Gasteiger partial charge in [0, 0.05) is 36.5 Å². The van der Waals surface area contributed by atoms with Crippen LogP contribution in [-0.4, -0.2) is 34.6 Å². The molecule has 3 heterocycles. The molecule has 0 spiro atoms. The molecule has 0 radical (unpaired) electrons. The number of hydrogen-bond donors (Lipinski definition) is 0. The number of aromatic nitrogens is 1. The number of thiophene rings is 1. The first-order chi connectivity index (χ1) is 12.9. The lowest BCUT2D eigenvalue weighted by atomic mass is 10.2. The van der Waals surface area contributed by atoms with Gasteiger partial charge in [-0.25, -0.2) is 4.39 Å². The van der Waals surface area contributed by atoms with Gasteiger partial charge in [-0.3, -0.25) is 9.59 Å². The highest BCUT2D eigenvalue weighted by atomic mass is 32.1. The minimum Gasteiger partial charge on any atom is -0.488 e. The number of carbonyl (C=O) groups is 1. The number of carbonyl (C=O) groups excluding carboxylic acids is 1. The summed E-state index contributed by atoms with van der Waals surface area (Å²) in [4.78, 5) is 27.0. The summed E-state index contributed by atoms with van der Waals surface area (Å²) in [5.41, 5.74) is 0.703. The van der Waals surface area contributed by atoms with Crippen molar-refractivity contribution in [3.8, 4) is 5.75 Å². The predicted molar refractivity (Wildman–Crippen MR) is 103 cm³/mol. The first-order valence-corrected chi connectivity index (χ1v) is 9.55. The van der Waals surface area contributed by atoms with E-state index in [1.165, 1.54) is 29.5 Å². The minimum absolute atomic E-state index is 0.0668. The van der Waals surface area contributed by atoms with Gasteiger partial charge in [0.15, 0.2) is 0 Å². The van der Waals surface area contributed by atoms with Gasteiger partial charge < -0.3 is 14.2 Å². The first kappa shape index (κ1) is 17.7. The highest BCUT2D eigenvalue weighted by Crippen LogP contribution is 2.28. The van der Waals surface area contributed by atoms with Gasteiger partial charge in [-0.1, -0.05) is 0 Å². The summed E-state index contributed by atoms with van der Waals surface area (Å²) in [5, 5.41) is 0.742. The van der Waals surface area contributed by atoms with E-state index in [2.05, 4.69) is 0 Å². The van der Waals surface area contributed by atoms with E-state index in [4.69, 9.17) is 4.74 Å². The smallest absolute Gasteiger partial charge is 0.264 e. The van der Waals surface area contributed by atoms with Crippen LogP contribution >= 0.6 is 11.3 Å². The van der Waals surface area contributed by atoms with Crippen LogP contribution in [0.2, 0.25) is 0 Å². The molecule has 2 aromatic heterocycles. The van der Waals surface area contributed by atoms with Gasteiger partial charge in [-0.2, -0.15) is 0 Å². The molecule has 1 atom stereocenters. The van der Waals surface area contributed by atoms with Crippen LogP contribution in [0.15, 0.2) is 41.2 Å². The fourth-order valence-electron chi connectivity index (χ4n) is 3.28. The zero-order valence-corrected chi connectivity index (χ0v) is 15.9. The molecule has 0 unspecified atom stereocenters. The summed E-state index contributed by atoms with van der Waals surface area (Å²) in [6.45, 7) is 2.91. The lowest BCUT2D eigenvalue weighted by Crippen LogP contribution is -2.30. The van der Waals surface area contributed by atoms with Crippen molar-refractivity contribution in [2.45, 2.75) is 19.4 Å². The molecule has 5 nitrogen and oxygen atoms in total. The summed E-state index contributed by atoms with van der Waals surface area (Å²) in [6, 6.07) is 9.57. The number of amides is 1. The van der Waals surface area contributed by atoms with Crippen molar-refractivity contribution in [2.75, 3.05) is 13.1 Å². The van der Waals surface area contributed by atoms with Crippen molar-refractivity contribution < 1.29 is 13.9 Å². The molecule has 1 aromatic carbocycles. The second-order valence-corrected chi connectivity index (χ2v) is 7.89. The van der Waals surface area contributed by atoms with E-state index in [9.17, 15) is 14.0 Å². The predicted octanol–water partition coefficient (Wildman–Crippen LogP) is 3.34. The van der Waals surface area contributed by atoms with Crippen molar-refractivity contribution >= 4 is 27.3 Å². The molecule has 1 fully saturated rings. The van der Waals surface area contributed by atoms with Gasteiger partial charge in [-0.05, 0) is 42.6 Å². The standard InChI is InChI=1S/C20H19FN2O3S/c1-12-7-16(10-19(24)22(12)2)26-15-5-6-23(11-15)20(25)18-9-13-8-14(21)3-4-17(13)27-18/h3-4,7-10,15H,5-6,11H2,1-2H3/t15-/m0/s1. The average Bonchev–Trinajstić information content (AvgIpc) is 3.25. The van der Waals surface area contributed by atoms with E-state index < -0.39 is 0 Å². The van der Waals surface area contributed by atoms with E-state index in [0.717, 1.165) is 15.8 Å². The fourth-order valence-corrected chi connectivity index (χ4v) is 4.29. The summed E-state index contributed by atoms with van der Waals surface area (Å²) >= 11 is 1.37. The molecule has 27 heavy (non-hydrogen) atoms. The van der Waals surface area contributed by atoms with Gasteiger partial charge in [0.2, 0.25) is 0 Å². The zero-order valence-electron chi connectivity index (χ0n) is 15.1. The SMILES string of the molecule is Cc1cc(O[C@H]2CCN(C(=O)c3cc4cc(F)ccc4s3)C2)cc(=O)n1C. The Morgan fingerprint density at radius 3 is 2.85 bits per heavy atom. The second-order valence-electron chi connectivity index (χ2n) is 6.80. The maximum absolute atomic E-state index is 13.4. The lowest BCUT2D eigenvalue weighted by Gasteiger charge is -2.17. The Bertz CT molecular complexity index is 1090. The highest BCUT2D eigenvalue weighted by Gasteiger charge is 2.29. The van der Waals surface area contributed by atoms with E-state index >= 15 is 0 Å². The molecule has 0 aliphatic carbocycles. The lowest BCUT2D eigenvalue weighted by molar-refractivity contribution is 0.0777. The Morgan fingerprint density at radius 1 is 1.26 bits per heavy atom. The van der Waals surface area contributed by atoms with Gasteiger partial charge in [-0.15, -0.1) is 11.3 Å². The molecule has 3 aromatic rings. The van der Waals surface area contributed by atoms with Crippen LogP contribution in [0.5, 0.6) is 5.75 Å². The van der Waals surface area contributed by atoms with Crippen LogP contribution in [0.25, 0.3) is 10.1 Å². The van der Waals surface area contributed by atoms with Gasteiger partial charge >= 0.3 is 0 Å². The number of halogens is 1. The zero-order chi connectivity index (χ0) is 19.1. The fraction of sp³-hybridized carbons (Fsp3) is 0.300. The summed E-state index contributed by atoms with van der Waals surface area (Å²) in [5.74, 6) is 0.160. The van der Waals surface area contributed by atoms with E-state index in [1.54, 1.807) is 28.6 Å². The van der Waals surface area contributed by atoms with Crippen molar-refractivity contribution in [3.63, 3.8) is 0 Å². The number of ether oxygens (including phenoxy) is 1. The van der Waals surface area contributed by atoms with Gasteiger partial charge in [0.1, 0.15) is 17.7 Å². The van der Waals surface area contributed by atoms with Gasteiger partial charge in [0.05, 0.1) is 11.4 Å². The Morgan fingerprint density at radius 2 is 2.07 bits per heavy atom. The van der Waals surface area contributed by atoms with Crippen molar-refractivity contribution in [2.24, 2.45) is 7.05 Å². The van der Waals surface area contributed by atoms with Crippen LogP contribution < -0.4 is 10.3 Å². The molecule has 1 saturated heterocycles. The third kappa shape index (κ3) is 3.47. The van der Waals surface area contributed by atoms with Crippen molar-refractivity contribution in [1.82, 2.24) is 9.47 Å². The quantitative estimate of drug-likeness (QED) is 0.694. The molecule has 1 amide bonds. The summed E-state index contributed by atoms with van der Waals surface area (Å²) in [6.07, 6.45) is 0.562. The molecule has 7 heteroatoms. The van der Waals surface area contributed by atoms with Crippen LogP contribution in [-0.2, 0) is 7.05 Å². The molecule has 1 aliphatic rings. The number of nitrogens with zero attached hydrogens (tertiary/aromatic N) is 2. The van der Waals surface area contributed by atoms with Crippen molar-refractivity contribution in [3.05, 3.63) is 63.1 Å². The molecular weight excluding hydrogens is 367 g/mol. The molecule has 0 bridgehead atoms. The van der Waals surface area contributed by atoms with Crippen LogP contribution in [0.4, 0.5) is 4.39 Å². The first-order valence-electron chi connectivity index (χ1n) is 8.73. The molecule has 1 aliphatic heterocycles. The van der Waals surface area contributed by atoms with E-state index in [0.29, 0.717) is 30.1 Å². The Labute approximate surface area is 159 Å². The molecule has 4 rings (SSSR count). The maximum Gasteiger partial charge on any atom is 0.264 e. The number of hydrogen-bond acceptors (Lipinski definition) is 4. The van der Waals surface area contributed by atoms with Crippen LogP contribution in [0, 0.1) is 12.7 Å². The summed E-state index contributed by atoms with van der Waals surface area (Å²) in [7, 11) is 1.72. The maximum atomic E-state index is 13.4.